The first-order valence-electron chi connectivity index (χ1n) is 8.70. The van der Waals surface area contributed by atoms with Crippen molar-refractivity contribution in [3.63, 3.8) is 0 Å². The van der Waals surface area contributed by atoms with E-state index in [4.69, 9.17) is 21.3 Å². The number of amides is 1. The van der Waals surface area contributed by atoms with E-state index in [9.17, 15) is 13.6 Å². The molecule has 1 spiro atoms. The van der Waals surface area contributed by atoms with E-state index in [-0.39, 0.29) is 24.0 Å². The van der Waals surface area contributed by atoms with Crippen molar-refractivity contribution in [2.24, 2.45) is 0 Å². The lowest BCUT2D eigenvalue weighted by Crippen LogP contribution is -2.45. The van der Waals surface area contributed by atoms with Gasteiger partial charge in [0.25, 0.3) is 0 Å². The summed E-state index contributed by atoms with van der Waals surface area (Å²) in [5, 5.41) is 0. The van der Waals surface area contributed by atoms with E-state index in [0.29, 0.717) is 25.1 Å². The predicted molar refractivity (Wildman–Crippen MR) is 98.5 cm³/mol. The molecule has 1 aromatic carbocycles. The minimum Gasteiger partial charge on any atom is -0.493 e. The van der Waals surface area contributed by atoms with E-state index in [0.717, 1.165) is 22.1 Å². The highest BCUT2D eigenvalue weighted by molar-refractivity contribution is 6.13. The van der Waals surface area contributed by atoms with Gasteiger partial charge in [0.05, 0.1) is 38.4 Å². The van der Waals surface area contributed by atoms with Gasteiger partial charge in [0.1, 0.15) is 5.69 Å². The third-order valence-corrected chi connectivity index (χ3v) is 5.49. The molecule has 2 aromatic rings. The van der Waals surface area contributed by atoms with Crippen molar-refractivity contribution in [3.05, 3.63) is 46.8 Å². The Labute approximate surface area is 165 Å². The fourth-order valence-corrected chi connectivity index (χ4v) is 3.91. The number of nitrogens with zero attached hydrogens (tertiary/aromatic N) is 2. The van der Waals surface area contributed by atoms with Gasteiger partial charge in [0.15, 0.2) is 23.1 Å². The number of benzene rings is 1. The van der Waals surface area contributed by atoms with Crippen molar-refractivity contribution in [1.82, 2.24) is 9.82 Å². The molecule has 6 nitrogen and oxygen atoms in total. The van der Waals surface area contributed by atoms with Crippen molar-refractivity contribution in [3.8, 4) is 11.5 Å². The van der Waals surface area contributed by atoms with Crippen molar-refractivity contribution in [2.75, 3.05) is 19.1 Å². The van der Waals surface area contributed by atoms with Crippen LogP contribution in [0.2, 0.25) is 0 Å². The second-order valence-corrected chi connectivity index (χ2v) is 7.14. The Kier molecular flexibility index (Phi) is 4.63. The minimum absolute atomic E-state index is 0.00165. The number of rotatable bonds is 5. The second kappa shape index (κ2) is 6.86. The molecule has 0 unspecified atom stereocenters. The largest absolute Gasteiger partial charge is 0.493 e. The van der Waals surface area contributed by atoms with Crippen LogP contribution in [0.1, 0.15) is 29.7 Å². The van der Waals surface area contributed by atoms with E-state index in [1.165, 1.54) is 14.2 Å². The summed E-state index contributed by atoms with van der Waals surface area (Å²) in [6.07, 6.45) is 2.85. The average molecular weight is 410 g/mol. The van der Waals surface area contributed by atoms with Crippen LogP contribution in [-0.2, 0) is 23.3 Å². The number of halogens is 3. The van der Waals surface area contributed by atoms with Gasteiger partial charge >= 0.3 is 0 Å². The van der Waals surface area contributed by atoms with Crippen LogP contribution in [-0.4, -0.2) is 25.1 Å². The molecule has 1 aromatic heterocycles. The molecule has 1 N–H and O–H groups in total. The zero-order chi connectivity index (χ0) is 20.1. The van der Waals surface area contributed by atoms with Gasteiger partial charge in [-0.15, -0.1) is 0 Å². The maximum absolute atomic E-state index is 15.0. The monoisotopic (exact) mass is 409 g/mol. The lowest BCUT2D eigenvalue weighted by Gasteiger charge is -2.35. The van der Waals surface area contributed by atoms with Gasteiger partial charge in [-0.3, -0.25) is 9.78 Å². The number of fused-ring (bicyclic) bond motifs is 2. The molecule has 2 heterocycles. The third-order valence-electron chi connectivity index (χ3n) is 5.36. The molecular formula is C19H18ClF2N3O3. The van der Waals surface area contributed by atoms with Crippen LogP contribution >= 0.6 is 11.8 Å². The highest BCUT2D eigenvalue weighted by Crippen LogP contribution is 2.54. The van der Waals surface area contributed by atoms with Crippen LogP contribution in [0.5, 0.6) is 11.5 Å². The molecule has 1 aliphatic carbocycles. The van der Waals surface area contributed by atoms with Crippen LogP contribution in [0.25, 0.3) is 0 Å². The van der Waals surface area contributed by atoms with Crippen LogP contribution in [0.4, 0.5) is 14.5 Å². The number of pyridine rings is 1. The van der Waals surface area contributed by atoms with Gasteiger partial charge in [-0.05, 0) is 41.8 Å². The maximum atomic E-state index is 15.0. The molecule has 0 saturated heterocycles. The molecular weight excluding hydrogens is 392 g/mol. The Morgan fingerprint density at radius 2 is 1.86 bits per heavy atom. The Hall–Kier alpha value is -2.45. The molecule has 1 amide bonds. The first-order valence-corrected chi connectivity index (χ1v) is 9.08. The molecule has 0 bridgehead atoms. The summed E-state index contributed by atoms with van der Waals surface area (Å²) in [5.74, 6) is -2.62. The van der Waals surface area contributed by atoms with Crippen molar-refractivity contribution >= 4 is 23.4 Å². The summed E-state index contributed by atoms with van der Waals surface area (Å²) in [4.78, 5) is 21.3. The number of ether oxygens (including phenoxy) is 2. The number of hydrogen-bond acceptors (Lipinski definition) is 5. The topological polar surface area (TPSA) is 63.7 Å². The zero-order valence-electron chi connectivity index (χ0n) is 15.3. The van der Waals surface area contributed by atoms with Gasteiger partial charge in [0, 0.05) is 12.3 Å². The molecule has 28 heavy (non-hydrogen) atoms. The van der Waals surface area contributed by atoms with Gasteiger partial charge in [-0.1, -0.05) is 0 Å². The first-order chi connectivity index (χ1) is 13.5. The van der Waals surface area contributed by atoms with E-state index < -0.39 is 22.7 Å². The normalized spacial score (nSPS) is 16.9. The smallest absolute Gasteiger partial charge is 0.238 e. The number of anilines is 1. The predicted octanol–water partition coefficient (Wildman–Crippen LogP) is 3.20. The summed E-state index contributed by atoms with van der Waals surface area (Å²) in [6, 6.07) is 2.96. The molecule has 4 rings (SSSR count). The number of aromatic nitrogens is 1. The van der Waals surface area contributed by atoms with Gasteiger partial charge in [-0.25, -0.2) is 13.6 Å². The van der Waals surface area contributed by atoms with E-state index in [1.54, 1.807) is 6.20 Å². The molecule has 0 atom stereocenters. The quantitative estimate of drug-likeness (QED) is 0.768. The standard InChI is InChI=1S/C19H18ClF2N3O3/c1-27-13-6-14(28-2)16(22)17(15(13)21)25-9-10-7-23-11(8-24-20)5-12(10)19(3-4-19)18(25)26/h5-7,24H,3-4,8-9H2,1-2H3. The SMILES string of the molecule is COc1cc(OC)c(F)c(N2Cc3cnc(CNCl)cc3C3(CC3)C2=O)c1F. The Morgan fingerprint density at radius 3 is 2.39 bits per heavy atom. The first kappa shape index (κ1) is 18.9. The van der Waals surface area contributed by atoms with E-state index in [2.05, 4.69) is 9.82 Å². The number of carbonyl (C=O) groups is 1. The fourth-order valence-electron chi connectivity index (χ4n) is 3.78. The number of methoxy groups -OCH3 is 2. The summed E-state index contributed by atoms with van der Waals surface area (Å²) < 4.78 is 39.9. The molecule has 0 radical (unpaired) electrons. The van der Waals surface area contributed by atoms with Crippen molar-refractivity contribution in [1.29, 1.82) is 0 Å². The molecule has 2 aliphatic rings. The highest BCUT2D eigenvalue weighted by atomic mass is 35.5. The second-order valence-electron chi connectivity index (χ2n) is 6.87. The summed E-state index contributed by atoms with van der Waals surface area (Å²) in [7, 11) is 2.54. The highest BCUT2D eigenvalue weighted by Gasteiger charge is 2.57. The number of carbonyl (C=O) groups excluding carboxylic acids is 1. The number of hydrogen-bond donors (Lipinski definition) is 1. The van der Waals surface area contributed by atoms with Crippen LogP contribution in [0, 0.1) is 11.6 Å². The summed E-state index contributed by atoms with van der Waals surface area (Å²) in [6.45, 7) is 0.348. The maximum Gasteiger partial charge on any atom is 0.238 e. The van der Waals surface area contributed by atoms with Gasteiger partial charge < -0.3 is 14.4 Å². The Bertz CT molecular complexity index is 938. The zero-order valence-corrected chi connectivity index (χ0v) is 16.1. The summed E-state index contributed by atoms with van der Waals surface area (Å²) in [5.41, 5.74) is 1.04. The summed E-state index contributed by atoms with van der Waals surface area (Å²) >= 11 is 5.56. The lowest BCUT2D eigenvalue weighted by atomic mass is 9.86. The Balaban J connectivity index is 1.85. The lowest BCUT2D eigenvalue weighted by molar-refractivity contribution is -0.121. The average Bonchev–Trinajstić information content (AvgIpc) is 3.49. The van der Waals surface area contributed by atoms with Crippen molar-refractivity contribution in [2.45, 2.75) is 31.3 Å². The van der Waals surface area contributed by atoms with Crippen LogP contribution in [0.3, 0.4) is 0 Å². The fraction of sp³-hybridized carbons (Fsp3) is 0.368. The third kappa shape index (κ3) is 2.70. The minimum atomic E-state index is -0.940. The van der Waals surface area contributed by atoms with E-state index >= 15 is 0 Å². The van der Waals surface area contributed by atoms with Crippen LogP contribution in [0.15, 0.2) is 18.3 Å². The number of nitrogens with one attached hydrogen (secondary N) is 1. The molecule has 148 valence electrons. The molecule has 1 saturated carbocycles. The Morgan fingerprint density at radius 1 is 1.21 bits per heavy atom. The van der Waals surface area contributed by atoms with E-state index in [1.807, 2.05) is 6.07 Å². The van der Waals surface area contributed by atoms with Crippen LogP contribution < -0.4 is 19.2 Å². The molecule has 1 aliphatic heterocycles. The van der Waals surface area contributed by atoms with Crippen molar-refractivity contribution < 1.29 is 23.0 Å². The van der Waals surface area contributed by atoms with Gasteiger partial charge in [0.2, 0.25) is 5.91 Å². The molecule has 1 fully saturated rings. The molecule has 9 heteroatoms. The van der Waals surface area contributed by atoms with Gasteiger partial charge in [-0.2, -0.15) is 0 Å².